The number of hydrogen-bond acceptors (Lipinski definition) is 4. The summed E-state index contributed by atoms with van der Waals surface area (Å²) in [7, 11) is 0. The first-order valence-electron chi connectivity index (χ1n) is 12.4. The Hall–Kier alpha value is -4.18. The van der Waals surface area contributed by atoms with E-state index in [1.165, 1.54) is 11.1 Å². The second-order valence-corrected chi connectivity index (χ2v) is 8.69. The predicted octanol–water partition coefficient (Wildman–Crippen LogP) is 7.70. The van der Waals surface area contributed by atoms with Crippen LogP contribution in [-0.4, -0.2) is 11.9 Å². The van der Waals surface area contributed by atoms with Gasteiger partial charge in [-0.15, -0.1) is 0 Å². The quantitative estimate of drug-likeness (QED) is 0.183. The van der Waals surface area contributed by atoms with E-state index >= 15 is 0 Å². The highest BCUT2D eigenvalue weighted by Crippen LogP contribution is 2.27. The van der Waals surface area contributed by atoms with Gasteiger partial charge in [-0.25, -0.2) is 9.59 Å². The van der Waals surface area contributed by atoms with Gasteiger partial charge in [-0.3, -0.25) is 0 Å². The summed E-state index contributed by atoms with van der Waals surface area (Å²) in [4.78, 5) is 26.1. The molecule has 0 aliphatic rings. The fraction of sp³-hybridized carbons (Fsp3) is 0.188. The molecule has 0 atom stereocenters. The normalized spacial score (nSPS) is 10.6. The Balaban J connectivity index is 1.58. The van der Waals surface area contributed by atoms with Crippen LogP contribution in [0, 0.1) is 0 Å². The molecule has 0 aliphatic carbocycles. The number of carbonyl (C=O) groups excluding carboxylic acids is 2. The number of esters is 2. The van der Waals surface area contributed by atoms with Crippen LogP contribution in [0.4, 0.5) is 0 Å². The maximum atomic E-state index is 13.1. The lowest BCUT2D eigenvalue weighted by molar-refractivity contribution is 0.0721. The van der Waals surface area contributed by atoms with Crippen molar-refractivity contribution in [2.45, 2.75) is 39.5 Å². The zero-order valence-electron chi connectivity index (χ0n) is 20.7. The summed E-state index contributed by atoms with van der Waals surface area (Å²) in [5, 5.41) is 0. The molecule has 0 aromatic heterocycles. The second kappa shape index (κ2) is 12.0. The van der Waals surface area contributed by atoms with E-state index < -0.39 is 11.9 Å². The molecule has 0 saturated carbocycles. The van der Waals surface area contributed by atoms with Gasteiger partial charge in [0.05, 0.1) is 11.1 Å². The molecule has 36 heavy (non-hydrogen) atoms. The second-order valence-electron chi connectivity index (χ2n) is 8.69. The molecular weight excluding hydrogens is 448 g/mol. The van der Waals surface area contributed by atoms with Crippen molar-refractivity contribution in [1.82, 2.24) is 0 Å². The Morgan fingerprint density at radius 1 is 0.611 bits per heavy atom. The molecule has 4 rings (SSSR count). The number of hydrogen-bond donors (Lipinski definition) is 0. The van der Waals surface area contributed by atoms with Gasteiger partial charge in [-0.05, 0) is 77.6 Å². The number of carbonyl (C=O) groups is 2. The third-order valence-electron chi connectivity index (χ3n) is 5.91. The molecule has 0 aliphatic heterocycles. The maximum absolute atomic E-state index is 13.1. The van der Waals surface area contributed by atoms with Crippen LogP contribution >= 0.6 is 0 Å². The van der Waals surface area contributed by atoms with Crippen LogP contribution in [0.5, 0.6) is 11.5 Å². The van der Waals surface area contributed by atoms with Gasteiger partial charge in [0, 0.05) is 0 Å². The topological polar surface area (TPSA) is 52.6 Å². The number of rotatable bonds is 9. The maximum Gasteiger partial charge on any atom is 0.344 e. The number of ether oxygens (including phenoxy) is 2. The fourth-order valence-corrected chi connectivity index (χ4v) is 4.06. The first-order valence-corrected chi connectivity index (χ1v) is 12.4. The summed E-state index contributed by atoms with van der Waals surface area (Å²) in [6.45, 7) is 4.25. The van der Waals surface area contributed by atoms with Crippen molar-refractivity contribution >= 4 is 11.9 Å². The van der Waals surface area contributed by atoms with Gasteiger partial charge in [-0.2, -0.15) is 0 Å². The van der Waals surface area contributed by atoms with Crippen LogP contribution in [0.1, 0.15) is 58.5 Å². The summed E-state index contributed by atoms with van der Waals surface area (Å²) in [5.41, 5.74) is 4.54. The van der Waals surface area contributed by atoms with Gasteiger partial charge < -0.3 is 9.47 Å². The Bertz CT molecular complexity index is 1310. The lowest BCUT2D eigenvalue weighted by Gasteiger charge is -2.12. The minimum atomic E-state index is -0.484. The molecule has 0 amide bonds. The van der Waals surface area contributed by atoms with Gasteiger partial charge >= 0.3 is 11.9 Å². The minimum absolute atomic E-state index is 0.354. The van der Waals surface area contributed by atoms with Crippen LogP contribution in [0.25, 0.3) is 11.1 Å². The molecule has 0 N–H and O–H groups in total. The minimum Gasteiger partial charge on any atom is -0.423 e. The van der Waals surface area contributed by atoms with E-state index in [2.05, 4.69) is 13.8 Å². The Morgan fingerprint density at radius 2 is 1.14 bits per heavy atom. The molecule has 0 heterocycles. The van der Waals surface area contributed by atoms with Gasteiger partial charge in [0.15, 0.2) is 0 Å². The Kier molecular flexibility index (Phi) is 8.30. The summed E-state index contributed by atoms with van der Waals surface area (Å²) in [6, 6.07) is 29.5. The van der Waals surface area contributed by atoms with Crippen LogP contribution in [-0.2, 0) is 12.8 Å². The molecule has 0 radical (unpaired) electrons. The molecule has 0 bridgehead atoms. The third-order valence-corrected chi connectivity index (χ3v) is 5.91. The molecule has 182 valence electrons. The molecular formula is C32H30O4. The summed E-state index contributed by atoms with van der Waals surface area (Å²) in [6.07, 6.45) is 4.07. The van der Waals surface area contributed by atoms with E-state index in [9.17, 15) is 9.59 Å². The molecule has 0 unspecified atom stereocenters. The third kappa shape index (κ3) is 6.28. The van der Waals surface area contributed by atoms with Gasteiger partial charge in [0.1, 0.15) is 11.5 Å². The first-order chi connectivity index (χ1) is 17.6. The van der Waals surface area contributed by atoms with Gasteiger partial charge in [-0.1, -0.05) is 81.3 Å². The van der Waals surface area contributed by atoms with Gasteiger partial charge in [0.2, 0.25) is 0 Å². The summed E-state index contributed by atoms with van der Waals surface area (Å²) >= 11 is 0. The van der Waals surface area contributed by atoms with E-state index in [0.29, 0.717) is 28.2 Å². The standard InChI is InChI=1S/C32H30O4/c1-3-8-23-12-17-27(18-13-23)35-31(33)26-16-21-29(30(22-26)25-10-6-5-7-11-25)32(34)36-28-19-14-24(9-4-2)15-20-28/h5-7,10-22H,3-4,8-9H2,1-2H3. The smallest absolute Gasteiger partial charge is 0.344 e. The molecule has 0 saturated heterocycles. The zero-order chi connectivity index (χ0) is 25.3. The highest BCUT2D eigenvalue weighted by atomic mass is 16.5. The van der Waals surface area contributed by atoms with Crippen molar-refractivity contribution in [1.29, 1.82) is 0 Å². The number of aryl methyl sites for hydroxylation is 2. The molecule has 4 aromatic rings. The monoisotopic (exact) mass is 478 g/mol. The van der Waals surface area contributed by atoms with Gasteiger partial charge in [0.25, 0.3) is 0 Å². The van der Waals surface area contributed by atoms with Crippen LogP contribution in [0.15, 0.2) is 97.1 Å². The molecule has 0 fully saturated rings. The Labute approximate surface area is 212 Å². The predicted molar refractivity (Wildman–Crippen MR) is 143 cm³/mol. The van der Waals surface area contributed by atoms with Crippen molar-refractivity contribution in [2.24, 2.45) is 0 Å². The van der Waals surface area contributed by atoms with Crippen molar-refractivity contribution in [3.8, 4) is 22.6 Å². The zero-order valence-corrected chi connectivity index (χ0v) is 20.7. The van der Waals surface area contributed by atoms with Crippen LogP contribution in [0.3, 0.4) is 0 Å². The summed E-state index contributed by atoms with van der Waals surface area (Å²) < 4.78 is 11.3. The summed E-state index contributed by atoms with van der Waals surface area (Å²) in [5.74, 6) is -0.00429. The van der Waals surface area contributed by atoms with E-state index in [0.717, 1.165) is 31.2 Å². The van der Waals surface area contributed by atoms with Crippen molar-refractivity contribution in [2.75, 3.05) is 0 Å². The number of benzene rings is 4. The van der Waals surface area contributed by atoms with Crippen LogP contribution in [0.2, 0.25) is 0 Å². The SMILES string of the molecule is CCCc1ccc(OC(=O)c2ccc(C(=O)Oc3ccc(CCC)cc3)c(-c3ccccc3)c2)cc1. The molecule has 0 spiro atoms. The highest BCUT2D eigenvalue weighted by Gasteiger charge is 2.19. The molecule has 4 aromatic carbocycles. The van der Waals surface area contributed by atoms with Crippen molar-refractivity contribution < 1.29 is 19.1 Å². The Morgan fingerprint density at radius 3 is 1.67 bits per heavy atom. The first kappa shape index (κ1) is 24.9. The fourth-order valence-electron chi connectivity index (χ4n) is 4.06. The van der Waals surface area contributed by atoms with Crippen molar-refractivity contribution in [3.05, 3.63) is 119 Å². The van der Waals surface area contributed by atoms with Crippen molar-refractivity contribution in [3.63, 3.8) is 0 Å². The average molecular weight is 479 g/mol. The average Bonchev–Trinajstić information content (AvgIpc) is 2.91. The van der Waals surface area contributed by atoms with Crippen LogP contribution < -0.4 is 9.47 Å². The lowest BCUT2D eigenvalue weighted by atomic mass is 9.97. The largest absolute Gasteiger partial charge is 0.423 e. The van der Waals surface area contributed by atoms with E-state index in [4.69, 9.17) is 9.47 Å². The molecule has 4 heteroatoms. The van der Waals surface area contributed by atoms with E-state index in [-0.39, 0.29) is 0 Å². The highest BCUT2D eigenvalue weighted by molar-refractivity contribution is 6.01. The van der Waals surface area contributed by atoms with E-state index in [1.54, 1.807) is 30.3 Å². The molecule has 4 nitrogen and oxygen atoms in total. The van der Waals surface area contributed by atoms with E-state index in [1.807, 2.05) is 66.7 Å². The lowest BCUT2D eigenvalue weighted by Crippen LogP contribution is -2.13.